The molecule has 0 saturated carbocycles. The minimum absolute atomic E-state index is 0. The molecule has 0 bridgehead atoms. The molecular formula is C11H16ClNO. The van der Waals surface area contributed by atoms with Crippen LogP contribution in [0.5, 0.6) is 5.75 Å². The van der Waals surface area contributed by atoms with Crippen molar-refractivity contribution in [2.24, 2.45) is 0 Å². The van der Waals surface area contributed by atoms with Crippen molar-refractivity contribution in [3.05, 3.63) is 30.3 Å². The first-order valence-corrected chi connectivity index (χ1v) is 4.87. The summed E-state index contributed by atoms with van der Waals surface area (Å²) in [6.07, 6.45) is 2.75. The van der Waals surface area contributed by atoms with E-state index in [0.29, 0.717) is 6.10 Å². The van der Waals surface area contributed by atoms with E-state index in [-0.39, 0.29) is 12.4 Å². The molecule has 1 N–H and O–H groups in total. The Morgan fingerprint density at radius 2 is 2.00 bits per heavy atom. The first-order chi connectivity index (χ1) is 6.45. The first kappa shape index (κ1) is 11.3. The number of hydrogen-bond acceptors (Lipinski definition) is 2. The maximum absolute atomic E-state index is 5.79. The van der Waals surface area contributed by atoms with E-state index in [1.165, 1.54) is 12.8 Å². The normalized spacial score (nSPS) is 21.0. The van der Waals surface area contributed by atoms with E-state index >= 15 is 0 Å². The fourth-order valence-electron chi connectivity index (χ4n) is 1.61. The molecule has 1 aliphatic heterocycles. The summed E-state index contributed by atoms with van der Waals surface area (Å²) >= 11 is 0. The second-order valence-electron chi connectivity index (χ2n) is 3.40. The van der Waals surface area contributed by atoms with Crippen molar-refractivity contribution in [2.45, 2.75) is 18.9 Å². The third kappa shape index (κ3) is 3.20. The van der Waals surface area contributed by atoms with Crippen molar-refractivity contribution in [1.82, 2.24) is 5.32 Å². The molecule has 2 nitrogen and oxygen atoms in total. The molecule has 0 unspecified atom stereocenters. The van der Waals surface area contributed by atoms with E-state index in [1.807, 2.05) is 30.3 Å². The molecule has 1 heterocycles. The molecule has 14 heavy (non-hydrogen) atoms. The van der Waals surface area contributed by atoms with Crippen molar-refractivity contribution in [2.75, 3.05) is 13.1 Å². The van der Waals surface area contributed by atoms with Crippen molar-refractivity contribution >= 4 is 12.4 Å². The lowest BCUT2D eigenvalue weighted by atomic mass is 10.1. The molecule has 78 valence electrons. The average molecular weight is 214 g/mol. The highest BCUT2D eigenvalue weighted by atomic mass is 35.5. The van der Waals surface area contributed by atoms with Crippen LogP contribution in [0.2, 0.25) is 0 Å². The molecular weight excluding hydrogens is 198 g/mol. The number of nitrogens with one attached hydrogen (secondary N) is 1. The predicted octanol–water partition coefficient (Wildman–Crippen LogP) is 2.24. The fourth-order valence-corrected chi connectivity index (χ4v) is 1.61. The van der Waals surface area contributed by atoms with Gasteiger partial charge in [-0.3, -0.25) is 0 Å². The quantitative estimate of drug-likeness (QED) is 0.814. The summed E-state index contributed by atoms with van der Waals surface area (Å²) in [5.41, 5.74) is 0. The minimum atomic E-state index is 0. The van der Waals surface area contributed by atoms with Gasteiger partial charge in [0.05, 0.1) is 0 Å². The van der Waals surface area contributed by atoms with Gasteiger partial charge in [-0.05, 0) is 31.5 Å². The second kappa shape index (κ2) is 5.89. The number of ether oxygens (including phenoxy) is 1. The van der Waals surface area contributed by atoms with Gasteiger partial charge >= 0.3 is 0 Å². The van der Waals surface area contributed by atoms with Crippen LogP contribution in [0.1, 0.15) is 12.8 Å². The Hall–Kier alpha value is -0.730. The predicted molar refractivity (Wildman–Crippen MR) is 60.2 cm³/mol. The third-order valence-electron chi connectivity index (χ3n) is 2.30. The number of para-hydroxylation sites is 1. The number of piperidine rings is 1. The van der Waals surface area contributed by atoms with Gasteiger partial charge in [-0.2, -0.15) is 0 Å². The monoisotopic (exact) mass is 213 g/mol. The topological polar surface area (TPSA) is 21.3 Å². The summed E-state index contributed by atoms with van der Waals surface area (Å²) in [7, 11) is 0. The zero-order valence-electron chi connectivity index (χ0n) is 8.11. The van der Waals surface area contributed by atoms with Crippen LogP contribution in [0.25, 0.3) is 0 Å². The lowest BCUT2D eigenvalue weighted by Gasteiger charge is -2.23. The van der Waals surface area contributed by atoms with Crippen LogP contribution >= 0.6 is 12.4 Å². The molecule has 1 atom stereocenters. The van der Waals surface area contributed by atoms with E-state index in [2.05, 4.69) is 5.32 Å². The summed E-state index contributed by atoms with van der Waals surface area (Å²) in [6, 6.07) is 10.0. The van der Waals surface area contributed by atoms with Crippen molar-refractivity contribution < 1.29 is 4.74 Å². The Morgan fingerprint density at radius 1 is 1.21 bits per heavy atom. The highest BCUT2D eigenvalue weighted by Crippen LogP contribution is 2.14. The van der Waals surface area contributed by atoms with E-state index in [4.69, 9.17) is 4.74 Å². The van der Waals surface area contributed by atoms with E-state index < -0.39 is 0 Å². The maximum Gasteiger partial charge on any atom is 0.119 e. The van der Waals surface area contributed by atoms with Crippen LogP contribution < -0.4 is 10.1 Å². The molecule has 1 aliphatic rings. The van der Waals surface area contributed by atoms with E-state index in [1.54, 1.807) is 0 Å². The minimum Gasteiger partial charge on any atom is -0.489 e. The number of benzene rings is 1. The van der Waals surface area contributed by atoms with Gasteiger partial charge in [-0.1, -0.05) is 18.2 Å². The van der Waals surface area contributed by atoms with Crippen molar-refractivity contribution in [3.8, 4) is 5.75 Å². The highest BCUT2D eigenvalue weighted by Gasteiger charge is 2.13. The molecule has 0 amide bonds. The largest absolute Gasteiger partial charge is 0.489 e. The van der Waals surface area contributed by atoms with Gasteiger partial charge in [-0.25, -0.2) is 0 Å². The summed E-state index contributed by atoms with van der Waals surface area (Å²) < 4.78 is 5.79. The number of rotatable bonds is 2. The summed E-state index contributed by atoms with van der Waals surface area (Å²) in [5, 5.41) is 3.33. The first-order valence-electron chi connectivity index (χ1n) is 4.87. The molecule has 0 aromatic heterocycles. The Balaban J connectivity index is 0.000000980. The molecule has 1 saturated heterocycles. The Labute approximate surface area is 91.1 Å². The molecule has 2 rings (SSSR count). The SMILES string of the molecule is Cl.c1ccc(O[C@@H]2CCCNC2)cc1. The van der Waals surface area contributed by atoms with E-state index in [9.17, 15) is 0 Å². The van der Waals surface area contributed by atoms with Crippen LogP contribution in [0.4, 0.5) is 0 Å². The van der Waals surface area contributed by atoms with Gasteiger partial charge in [0.2, 0.25) is 0 Å². The van der Waals surface area contributed by atoms with Crippen molar-refractivity contribution in [1.29, 1.82) is 0 Å². The zero-order chi connectivity index (χ0) is 8.93. The molecule has 1 aromatic carbocycles. The Morgan fingerprint density at radius 3 is 2.64 bits per heavy atom. The zero-order valence-corrected chi connectivity index (χ0v) is 8.93. The van der Waals surface area contributed by atoms with Crippen LogP contribution in [0.15, 0.2) is 30.3 Å². The number of halogens is 1. The van der Waals surface area contributed by atoms with Gasteiger partial charge in [0.1, 0.15) is 11.9 Å². The van der Waals surface area contributed by atoms with Crippen LogP contribution in [-0.2, 0) is 0 Å². The van der Waals surface area contributed by atoms with Crippen LogP contribution in [0, 0.1) is 0 Å². The fraction of sp³-hybridized carbons (Fsp3) is 0.455. The van der Waals surface area contributed by atoms with Crippen molar-refractivity contribution in [3.63, 3.8) is 0 Å². The summed E-state index contributed by atoms with van der Waals surface area (Å²) in [4.78, 5) is 0. The molecule has 0 spiro atoms. The molecule has 1 aromatic rings. The van der Waals surface area contributed by atoms with Gasteiger partial charge in [0.15, 0.2) is 0 Å². The molecule has 0 radical (unpaired) electrons. The van der Waals surface area contributed by atoms with Gasteiger partial charge in [0.25, 0.3) is 0 Å². The lowest BCUT2D eigenvalue weighted by Crippen LogP contribution is -2.37. The maximum atomic E-state index is 5.79. The summed E-state index contributed by atoms with van der Waals surface area (Å²) in [6.45, 7) is 2.11. The van der Waals surface area contributed by atoms with Crippen LogP contribution in [0.3, 0.4) is 0 Å². The Bertz CT molecular complexity index is 247. The molecule has 0 aliphatic carbocycles. The van der Waals surface area contributed by atoms with Gasteiger partial charge in [0, 0.05) is 6.54 Å². The van der Waals surface area contributed by atoms with Crippen LogP contribution in [-0.4, -0.2) is 19.2 Å². The number of hydrogen-bond donors (Lipinski definition) is 1. The van der Waals surface area contributed by atoms with Gasteiger partial charge in [-0.15, -0.1) is 12.4 Å². The Kier molecular flexibility index (Phi) is 4.77. The standard InChI is InChI=1S/C11H15NO.ClH/c1-2-5-10(6-3-1)13-11-7-4-8-12-9-11;/h1-3,5-6,11-12H,4,7-9H2;1H/t11-;/m1./s1. The highest BCUT2D eigenvalue weighted by molar-refractivity contribution is 5.85. The molecule has 3 heteroatoms. The van der Waals surface area contributed by atoms with E-state index in [0.717, 1.165) is 18.8 Å². The van der Waals surface area contributed by atoms with Gasteiger partial charge < -0.3 is 10.1 Å². The molecule has 1 fully saturated rings. The summed E-state index contributed by atoms with van der Waals surface area (Å²) in [5.74, 6) is 0.983. The second-order valence-corrected chi connectivity index (χ2v) is 3.40. The average Bonchev–Trinajstić information content (AvgIpc) is 2.21. The third-order valence-corrected chi connectivity index (χ3v) is 2.30. The smallest absolute Gasteiger partial charge is 0.119 e. The lowest BCUT2D eigenvalue weighted by molar-refractivity contribution is 0.167.